The number of anilines is 2. The molecule has 4 rings (SSSR count). The number of rotatable bonds is 10. The van der Waals surface area contributed by atoms with Gasteiger partial charge in [-0.3, -0.25) is 9.09 Å². The van der Waals surface area contributed by atoms with E-state index in [1.807, 2.05) is 0 Å². The predicted molar refractivity (Wildman–Crippen MR) is 116 cm³/mol. The molecule has 18 nitrogen and oxygen atoms in total. The number of nitrogen functional groups attached to an aromatic ring is 1. The molecule has 0 spiro atoms. The number of nitrogens with zero attached hydrogens (tertiary/aromatic N) is 4. The molecule has 36 heavy (non-hydrogen) atoms. The van der Waals surface area contributed by atoms with Crippen molar-refractivity contribution in [2.45, 2.75) is 49.9 Å². The van der Waals surface area contributed by atoms with Gasteiger partial charge in [-0.2, -0.15) is 18.6 Å². The number of imidazole rings is 1. The molecular weight excluding hydrogens is 556 g/mol. The summed E-state index contributed by atoms with van der Waals surface area (Å²) in [6, 6.07) is 0.183. The van der Waals surface area contributed by atoms with E-state index < -0.39 is 54.2 Å². The second-order valence-electron chi connectivity index (χ2n) is 8.18. The summed E-state index contributed by atoms with van der Waals surface area (Å²) in [7, 11) is -16.9. The maximum atomic E-state index is 15.6. The first-order valence-corrected chi connectivity index (χ1v) is 14.6. The summed E-state index contributed by atoms with van der Waals surface area (Å²) in [6.45, 7) is -0.0774. The van der Waals surface area contributed by atoms with Gasteiger partial charge in [0.25, 0.3) is 0 Å². The van der Waals surface area contributed by atoms with Gasteiger partial charge in [-0.15, -0.1) is 0 Å². The Bertz CT molecular complexity index is 1300. The molecule has 2 aromatic heterocycles. The standard InChI is InChI=1S/C14H22FN6O12P3/c1-14(15)9(22)7(4-30-35(26,27)33-36(28,29)32-34(23,24)25)31-12(14)21-5-17-8-10(18-6-2-3-6)19-13(16)20-11(8)21/h5-7,9,12,22H,2-4H2,1H3,(H,26,27)(H,28,29)(H2,23,24,25)(H3,16,18,19,20)/t7-,9-,12-,14-/m1/s1. The van der Waals surface area contributed by atoms with Crippen molar-refractivity contribution in [2.24, 2.45) is 0 Å². The highest BCUT2D eigenvalue weighted by molar-refractivity contribution is 7.66. The number of aliphatic hydroxyl groups is 1. The molecular formula is C14H22FN6O12P3. The normalized spacial score (nSPS) is 30.2. The van der Waals surface area contributed by atoms with Crippen LogP contribution >= 0.6 is 23.5 Å². The Labute approximate surface area is 201 Å². The van der Waals surface area contributed by atoms with E-state index in [1.54, 1.807) is 0 Å². The van der Waals surface area contributed by atoms with Crippen molar-refractivity contribution in [3.05, 3.63) is 6.33 Å². The fraction of sp³-hybridized carbons (Fsp3) is 0.643. The number of aromatic nitrogens is 4. The van der Waals surface area contributed by atoms with Crippen LogP contribution in [-0.4, -0.2) is 74.7 Å². The van der Waals surface area contributed by atoms with E-state index in [0.29, 0.717) is 5.82 Å². The third-order valence-electron chi connectivity index (χ3n) is 5.14. The fourth-order valence-electron chi connectivity index (χ4n) is 3.45. The first-order chi connectivity index (χ1) is 16.5. The number of hydrogen-bond acceptors (Lipinski definition) is 13. The molecule has 1 saturated carbocycles. The van der Waals surface area contributed by atoms with Gasteiger partial charge < -0.3 is 40.5 Å². The van der Waals surface area contributed by atoms with Crippen molar-refractivity contribution in [1.82, 2.24) is 19.5 Å². The lowest BCUT2D eigenvalue weighted by atomic mass is 9.98. The lowest BCUT2D eigenvalue weighted by molar-refractivity contribution is -0.0560. The summed E-state index contributed by atoms with van der Waals surface area (Å²) in [4.78, 5) is 48.3. The quantitative estimate of drug-likeness (QED) is 0.187. The molecule has 0 amide bonds. The van der Waals surface area contributed by atoms with Gasteiger partial charge in [0.1, 0.15) is 12.2 Å². The van der Waals surface area contributed by atoms with E-state index in [2.05, 4.69) is 33.4 Å². The number of hydrogen-bond donors (Lipinski definition) is 7. The van der Waals surface area contributed by atoms with Crippen LogP contribution in [0, 0.1) is 0 Å². The van der Waals surface area contributed by atoms with Gasteiger partial charge >= 0.3 is 23.5 Å². The molecule has 0 aromatic carbocycles. The van der Waals surface area contributed by atoms with Crippen molar-refractivity contribution in [3.63, 3.8) is 0 Å². The SMILES string of the molecule is C[C@@]1(F)[C@H](O)[C@@H](COP(=O)(O)OP(=O)(O)OP(=O)(O)O)O[C@H]1n1cnc2c(NC3CC3)nc(N)nc21. The number of phosphoric acid groups is 3. The van der Waals surface area contributed by atoms with Crippen LogP contribution in [0.3, 0.4) is 0 Å². The average molecular weight is 578 g/mol. The minimum atomic E-state index is -5.76. The lowest BCUT2D eigenvalue weighted by Crippen LogP contribution is -2.40. The molecule has 8 N–H and O–H groups in total. The van der Waals surface area contributed by atoms with Gasteiger partial charge in [0.15, 0.2) is 28.9 Å². The Morgan fingerprint density at radius 2 is 1.89 bits per heavy atom. The fourth-order valence-corrected chi connectivity index (χ4v) is 6.48. The topological polar surface area (TPSA) is 271 Å². The van der Waals surface area contributed by atoms with E-state index in [0.717, 1.165) is 24.3 Å². The highest BCUT2D eigenvalue weighted by atomic mass is 31.3. The minimum Gasteiger partial charge on any atom is -0.387 e. The molecule has 2 unspecified atom stereocenters. The lowest BCUT2D eigenvalue weighted by Gasteiger charge is -2.24. The highest BCUT2D eigenvalue weighted by Crippen LogP contribution is 2.66. The van der Waals surface area contributed by atoms with Gasteiger partial charge in [-0.1, -0.05) is 0 Å². The molecule has 1 aliphatic heterocycles. The first-order valence-electron chi connectivity index (χ1n) is 10.0. The van der Waals surface area contributed by atoms with Crippen molar-refractivity contribution >= 4 is 46.4 Å². The molecule has 0 bridgehead atoms. The zero-order valence-corrected chi connectivity index (χ0v) is 20.9. The Morgan fingerprint density at radius 1 is 1.22 bits per heavy atom. The van der Waals surface area contributed by atoms with Gasteiger partial charge in [-0.25, -0.2) is 23.1 Å². The Hall–Kier alpha value is -1.59. The van der Waals surface area contributed by atoms with E-state index >= 15 is 4.39 Å². The first kappa shape index (κ1) is 27.4. The molecule has 0 radical (unpaired) electrons. The summed E-state index contributed by atoms with van der Waals surface area (Å²) in [5, 5.41) is 13.6. The van der Waals surface area contributed by atoms with E-state index in [1.165, 1.54) is 6.33 Å². The van der Waals surface area contributed by atoms with E-state index in [4.69, 9.17) is 20.3 Å². The van der Waals surface area contributed by atoms with Crippen molar-refractivity contribution in [2.75, 3.05) is 17.7 Å². The van der Waals surface area contributed by atoms with E-state index in [9.17, 15) is 28.6 Å². The van der Waals surface area contributed by atoms with Gasteiger partial charge in [0.05, 0.1) is 12.9 Å². The van der Waals surface area contributed by atoms with Crippen LogP contribution in [0.5, 0.6) is 0 Å². The number of phosphoric ester groups is 1. The Balaban J connectivity index is 1.51. The third-order valence-corrected chi connectivity index (χ3v) is 8.95. The molecule has 22 heteroatoms. The molecule has 2 aromatic rings. The molecule has 3 heterocycles. The van der Waals surface area contributed by atoms with Crippen LogP contribution in [0.1, 0.15) is 26.0 Å². The maximum absolute atomic E-state index is 15.6. The predicted octanol–water partition coefficient (Wildman–Crippen LogP) is 0.313. The third kappa shape index (κ3) is 6.10. The Kier molecular flexibility index (Phi) is 7.09. The van der Waals surface area contributed by atoms with Crippen LogP contribution < -0.4 is 11.1 Å². The number of halogens is 1. The van der Waals surface area contributed by atoms with Crippen LogP contribution in [0.4, 0.5) is 16.2 Å². The summed E-state index contributed by atoms with van der Waals surface area (Å²) < 4.78 is 68.0. The second kappa shape index (κ2) is 9.31. The zero-order chi connectivity index (χ0) is 26.7. The largest absolute Gasteiger partial charge is 0.490 e. The molecule has 6 atom stereocenters. The summed E-state index contributed by atoms with van der Waals surface area (Å²) in [5.41, 5.74) is 3.55. The number of alkyl halides is 1. The van der Waals surface area contributed by atoms with Crippen LogP contribution in [-0.2, 0) is 31.6 Å². The molecule has 2 aliphatic rings. The molecule has 2 fully saturated rings. The number of aliphatic hydroxyl groups excluding tert-OH is 1. The second-order valence-corrected chi connectivity index (χ2v) is 12.6. The number of nitrogens with two attached hydrogens (primary N) is 1. The summed E-state index contributed by atoms with van der Waals surface area (Å²) in [5.74, 6) is 0.179. The van der Waals surface area contributed by atoms with Gasteiger partial charge in [-0.05, 0) is 19.8 Å². The molecule has 1 saturated heterocycles. The molecule has 1 aliphatic carbocycles. The number of nitrogens with one attached hydrogen (secondary N) is 1. The van der Waals surface area contributed by atoms with Crippen LogP contribution in [0.2, 0.25) is 0 Å². The van der Waals surface area contributed by atoms with Crippen LogP contribution in [0.15, 0.2) is 6.33 Å². The zero-order valence-electron chi connectivity index (χ0n) is 18.2. The minimum absolute atomic E-state index is 0.0697. The summed E-state index contributed by atoms with van der Waals surface area (Å²) >= 11 is 0. The van der Waals surface area contributed by atoms with Gasteiger partial charge in [0.2, 0.25) is 5.95 Å². The summed E-state index contributed by atoms with van der Waals surface area (Å²) in [6.07, 6.45) is -2.16. The van der Waals surface area contributed by atoms with E-state index in [-0.39, 0.29) is 23.2 Å². The smallest absolute Gasteiger partial charge is 0.387 e. The Morgan fingerprint density at radius 3 is 2.50 bits per heavy atom. The maximum Gasteiger partial charge on any atom is 0.490 e. The number of ether oxygens (including phenoxy) is 1. The van der Waals surface area contributed by atoms with Crippen molar-refractivity contribution in [3.8, 4) is 0 Å². The van der Waals surface area contributed by atoms with Crippen molar-refractivity contribution < 1.29 is 60.6 Å². The highest BCUT2D eigenvalue weighted by Gasteiger charge is 2.56. The van der Waals surface area contributed by atoms with Crippen molar-refractivity contribution in [1.29, 1.82) is 0 Å². The monoisotopic (exact) mass is 578 g/mol. The number of fused-ring (bicyclic) bond motifs is 1. The van der Waals surface area contributed by atoms with Gasteiger partial charge in [0, 0.05) is 6.04 Å². The average Bonchev–Trinajstić information content (AvgIpc) is 3.36. The van der Waals surface area contributed by atoms with Crippen LogP contribution in [0.25, 0.3) is 11.2 Å². The molecule has 202 valence electrons.